The number of hydrogen-bond acceptors (Lipinski definition) is 4. The zero-order chi connectivity index (χ0) is 15.9. The Morgan fingerprint density at radius 2 is 2.23 bits per heavy atom. The van der Waals surface area contributed by atoms with Gasteiger partial charge in [-0.1, -0.05) is 12.1 Å². The van der Waals surface area contributed by atoms with Crippen molar-refractivity contribution in [3.8, 4) is 5.75 Å². The van der Waals surface area contributed by atoms with Gasteiger partial charge in [-0.2, -0.15) is 8.78 Å². The molecule has 5 nitrogen and oxygen atoms in total. The maximum Gasteiger partial charge on any atom is 0.387 e. The summed E-state index contributed by atoms with van der Waals surface area (Å²) in [7, 11) is 1.91. The van der Waals surface area contributed by atoms with E-state index in [4.69, 9.17) is 0 Å². The molecule has 0 saturated carbocycles. The Bertz CT molecular complexity index is 499. The van der Waals surface area contributed by atoms with Crippen molar-refractivity contribution in [2.45, 2.75) is 25.5 Å². The van der Waals surface area contributed by atoms with E-state index in [9.17, 15) is 13.6 Å². The number of hydrogen-bond donors (Lipinski definition) is 2. The molecule has 1 heterocycles. The Morgan fingerprint density at radius 1 is 1.45 bits per heavy atom. The molecule has 0 spiro atoms. The molecule has 1 aromatic rings. The molecule has 1 aliphatic rings. The summed E-state index contributed by atoms with van der Waals surface area (Å²) in [6.45, 7) is -1.02. The molecule has 1 atom stereocenters. The number of halogens is 2. The lowest BCUT2D eigenvalue weighted by molar-refractivity contribution is -0.117. The van der Waals surface area contributed by atoms with Crippen LogP contribution in [-0.4, -0.2) is 50.1 Å². The Hall–Kier alpha value is -1.73. The summed E-state index contributed by atoms with van der Waals surface area (Å²) in [5.41, 5.74) is 0.259. The minimum absolute atomic E-state index is 0.0300. The number of anilines is 1. The zero-order valence-electron chi connectivity index (χ0n) is 12.5. The van der Waals surface area contributed by atoms with Gasteiger partial charge in [0.1, 0.15) is 5.75 Å². The maximum absolute atomic E-state index is 12.3. The van der Waals surface area contributed by atoms with Gasteiger partial charge in [-0.25, -0.2) is 0 Å². The lowest BCUT2D eigenvalue weighted by atomic mass is 10.1. The van der Waals surface area contributed by atoms with Crippen LogP contribution < -0.4 is 15.4 Å². The highest BCUT2D eigenvalue weighted by molar-refractivity contribution is 5.93. The van der Waals surface area contributed by atoms with Crippen molar-refractivity contribution in [3.05, 3.63) is 24.3 Å². The smallest absolute Gasteiger partial charge is 0.387 e. The number of benzene rings is 1. The molecule has 1 unspecified atom stereocenters. The summed E-state index contributed by atoms with van der Waals surface area (Å²) < 4.78 is 29.1. The number of alkyl halides is 2. The molecule has 1 aliphatic heterocycles. The summed E-state index contributed by atoms with van der Waals surface area (Å²) in [5.74, 6) is -0.264. The number of ether oxygens (including phenoxy) is 1. The van der Waals surface area contributed by atoms with Crippen LogP contribution in [0.2, 0.25) is 0 Å². The Labute approximate surface area is 128 Å². The molecule has 1 saturated heterocycles. The van der Waals surface area contributed by atoms with E-state index in [-0.39, 0.29) is 23.9 Å². The number of likely N-dealkylation sites (tertiary alicyclic amines) is 1. The molecule has 1 aromatic carbocycles. The number of carbonyl (C=O) groups is 1. The number of amides is 1. The van der Waals surface area contributed by atoms with E-state index in [1.165, 1.54) is 6.07 Å². The van der Waals surface area contributed by atoms with Gasteiger partial charge in [-0.05, 0) is 38.6 Å². The summed E-state index contributed by atoms with van der Waals surface area (Å²) in [6, 6.07) is 6.57. The monoisotopic (exact) mass is 313 g/mol. The van der Waals surface area contributed by atoms with Gasteiger partial charge in [0.15, 0.2) is 0 Å². The summed E-state index contributed by atoms with van der Waals surface area (Å²) >= 11 is 0. The topological polar surface area (TPSA) is 53.6 Å². The lowest BCUT2D eigenvalue weighted by Crippen LogP contribution is -2.46. The highest BCUT2D eigenvalue weighted by Crippen LogP contribution is 2.25. The van der Waals surface area contributed by atoms with Crippen LogP contribution in [0.15, 0.2) is 24.3 Å². The van der Waals surface area contributed by atoms with Crippen molar-refractivity contribution < 1.29 is 18.3 Å². The van der Waals surface area contributed by atoms with Gasteiger partial charge in [-0.3, -0.25) is 9.69 Å². The van der Waals surface area contributed by atoms with Gasteiger partial charge in [0, 0.05) is 12.6 Å². The minimum Gasteiger partial charge on any atom is -0.433 e. The minimum atomic E-state index is -2.92. The second-order valence-corrected chi connectivity index (χ2v) is 5.29. The highest BCUT2D eigenvalue weighted by atomic mass is 19.3. The zero-order valence-corrected chi connectivity index (χ0v) is 12.5. The Kier molecular flexibility index (Phi) is 6.09. The Balaban J connectivity index is 1.92. The first-order valence-electron chi connectivity index (χ1n) is 7.32. The molecule has 0 aromatic heterocycles. The van der Waals surface area contributed by atoms with Crippen molar-refractivity contribution in [2.75, 3.05) is 32.0 Å². The van der Waals surface area contributed by atoms with Crippen LogP contribution in [0.25, 0.3) is 0 Å². The number of piperidine rings is 1. The molecular weight excluding hydrogens is 292 g/mol. The van der Waals surface area contributed by atoms with Crippen LogP contribution in [0.4, 0.5) is 14.5 Å². The number of para-hydroxylation sites is 2. The van der Waals surface area contributed by atoms with Crippen LogP contribution in [0.1, 0.15) is 12.8 Å². The summed E-state index contributed by atoms with van der Waals surface area (Å²) in [5, 5.41) is 5.85. The molecule has 7 heteroatoms. The van der Waals surface area contributed by atoms with Crippen molar-refractivity contribution >= 4 is 11.6 Å². The van der Waals surface area contributed by atoms with Crippen LogP contribution in [-0.2, 0) is 4.79 Å². The van der Waals surface area contributed by atoms with Crippen molar-refractivity contribution in [1.29, 1.82) is 0 Å². The molecule has 0 bridgehead atoms. The number of nitrogens with zero attached hydrogens (tertiary/aromatic N) is 1. The molecule has 1 fully saturated rings. The van der Waals surface area contributed by atoms with Crippen molar-refractivity contribution in [2.24, 2.45) is 0 Å². The van der Waals surface area contributed by atoms with Gasteiger partial charge in [0.05, 0.1) is 12.2 Å². The first-order chi connectivity index (χ1) is 10.6. The third-order valence-corrected chi connectivity index (χ3v) is 3.66. The SMILES string of the molecule is CNC1CCCN(CC(=O)Nc2ccccc2OC(F)F)C1. The number of carbonyl (C=O) groups excluding carboxylic acids is 1. The van der Waals surface area contributed by atoms with Crippen LogP contribution in [0.3, 0.4) is 0 Å². The summed E-state index contributed by atoms with van der Waals surface area (Å²) in [4.78, 5) is 14.1. The maximum atomic E-state index is 12.3. The van der Waals surface area contributed by atoms with E-state index in [0.29, 0.717) is 6.04 Å². The van der Waals surface area contributed by atoms with Gasteiger partial charge in [0.2, 0.25) is 5.91 Å². The van der Waals surface area contributed by atoms with Gasteiger partial charge >= 0.3 is 6.61 Å². The number of nitrogens with one attached hydrogen (secondary N) is 2. The number of rotatable bonds is 6. The molecule has 0 radical (unpaired) electrons. The van der Waals surface area contributed by atoms with Gasteiger partial charge < -0.3 is 15.4 Å². The first-order valence-corrected chi connectivity index (χ1v) is 7.32. The van der Waals surface area contributed by atoms with Crippen LogP contribution in [0, 0.1) is 0 Å². The van der Waals surface area contributed by atoms with E-state index in [2.05, 4.69) is 20.3 Å². The molecule has 22 heavy (non-hydrogen) atoms. The summed E-state index contributed by atoms with van der Waals surface area (Å²) in [6.07, 6.45) is 2.13. The molecule has 2 N–H and O–H groups in total. The third kappa shape index (κ3) is 4.92. The largest absolute Gasteiger partial charge is 0.433 e. The van der Waals surface area contributed by atoms with Crippen LogP contribution in [0.5, 0.6) is 5.75 Å². The molecule has 2 rings (SSSR count). The fourth-order valence-corrected chi connectivity index (χ4v) is 2.60. The lowest BCUT2D eigenvalue weighted by Gasteiger charge is -2.31. The normalized spacial score (nSPS) is 19.2. The highest BCUT2D eigenvalue weighted by Gasteiger charge is 2.21. The van der Waals surface area contributed by atoms with E-state index in [0.717, 1.165) is 25.9 Å². The molecule has 122 valence electrons. The quantitative estimate of drug-likeness (QED) is 0.842. The molecule has 1 amide bonds. The average Bonchev–Trinajstić information content (AvgIpc) is 2.49. The van der Waals surface area contributed by atoms with E-state index in [1.54, 1.807) is 18.2 Å². The first kappa shape index (κ1) is 16.6. The Morgan fingerprint density at radius 3 is 2.95 bits per heavy atom. The van der Waals surface area contributed by atoms with E-state index < -0.39 is 6.61 Å². The molecular formula is C15H21F2N3O2. The third-order valence-electron chi connectivity index (χ3n) is 3.66. The van der Waals surface area contributed by atoms with Crippen molar-refractivity contribution in [3.63, 3.8) is 0 Å². The fourth-order valence-electron chi connectivity index (χ4n) is 2.60. The van der Waals surface area contributed by atoms with E-state index in [1.807, 2.05) is 7.05 Å². The predicted octanol–water partition coefficient (Wildman–Crippen LogP) is 1.91. The van der Waals surface area contributed by atoms with Crippen LogP contribution >= 0.6 is 0 Å². The number of likely N-dealkylation sites (N-methyl/N-ethyl adjacent to an activating group) is 1. The standard InChI is InChI=1S/C15H21F2N3O2/c1-18-11-5-4-8-20(9-11)10-14(21)19-12-6-2-3-7-13(12)22-15(16)17/h2-3,6-7,11,15,18H,4-5,8-10H2,1H3,(H,19,21). The van der Waals surface area contributed by atoms with Gasteiger partial charge in [0.25, 0.3) is 0 Å². The predicted molar refractivity (Wildman–Crippen MR) is 80.2 cm³/mol. The average molecular weight is 313 g/mol. The van der Waals surface area contributed by atoms with Crippen molar-refractivity contribution in [1.82, 2.24) is 10.2 Å². The molecule has 0 aliphatic carbocycles. The fraction of sp³-hybridized carbons (Fsp3) is 0.533. The second-order valence-electron chi connectivity index (χ2n) is 5.29. The van der Waals surface area contributed by atoms with Gasteiger partial charge in [-0.15, -0.1) is 0 Å². The second kappa shape index (κ2) is 8.05. The van der Waals surface area contributed by atoms with E-state index >= 15 is 0 Å².